The number of halogens is 2. The maximum absolute atomic E-state index is 15.5. The Hall–Kier alpha value is -4.53. The standard InChI is InChI=1S/C30H29F2N7O4S/c1-16-5-6-20-21(7-8-23(32)26(20)28(44(33,40)41)25-12-17(2)43-39-25)27(16)42-29-22(4-3-10-35-29)24-9-11-36-30(38-24)37-19-13-18(31)14-34-15-19/h3-12,18-19,28,34H,13-15H2,1-2H3,(H2,33,40,41)(H,36,37,38)/t18-,19-,28?/m0/s1. The van der Waals surface area contributed by atoms with E-state index in [4.69, 9.17) is 14.4 Å². The van der Waals surface area contributed by atoms with Crippen LogP contribution in [-0.2, 0) is 10.0 Å². The van der Waals surface area contributed by atoms with E-state index in [1.807, 2.05) is 6.92 Å². The number of pyridine rings is 1. The summed E-state index contributed by atoms with van der Waals surface area (Å²) in [5, 5.41) is 14.7. The molecule has 44 heavy (non-hydrogen) atoms. The van der Waals surface area contributed by atoms with Gasteiger partial charge in [0.1, 0.15) is 34.4 Å². The van der Waals surface area contributed by atoms with Gasteiger partial charge in [0.05, 0.1) is 11.3 Å². The first-order chi connectivity index (χ1) is 21.1. The summed E-state index contributed by atoms with van der Waals surface area (Å²) in [6, 6.07) is 12.4. The summed E-state index contributed by atoms with van der Waals surface area (Å²) in [6.07, 6.45) is 2.53. The van der Waals surface area contributed by atoms with Gasteiger partial charge in [-0.2, -0.15) is 0 Å². The molecule has 1 unspecified atom stereocenters. The van der Waals surface area contributed by atoms with E-state index in [0.717, 1.165) is 0 Å². The Morgan fingerprint density at radius 2 is 1.91 bits per heavy atom. The summed E-state index contributed by atoms with van der Waals surface area (Å²) in [4.78, 5) is 13.4. The number of aromatic nitrogens is 4. The first kappa shape index (κ1) is 29.5. The van der Waals surface area contributed by atoms with E-state index in [2.05, 4.69) is 30.7 Å². The van der Waals surface area contributed by atoms with Crippen LogP contribution in [0.1, 0.15) is 34.3 Å². The molecule has 0 aliphatic carbocycles. The van der Waals surface area contributed by atoms with Gasteiger partial charge in [-0.3, -0.25) is 0 Å². The lowest BCUT2D eigenvalue weighted by Crippen LogP contribution is -2.44. The van der Waals surface area contributed by atoms with Gasteiger partial charge < -0.3 is 19.9 Å². The van der Waals surface area contributed by atoms with Crippen LogP contribution < -0.4 is 20.5 Å². The van der Waals surface area contributed by atoms with Gasteiger partial charge in [0, 0.05) is 55.0 Å². The van der Waals surface area contributed by atoms with Crippen LogP contribution in [0.2, 0.25) is 0 Å². The first-order valence-electron chi connectivity index (χ1n) is 13.8. The topological polar surface area (TPSA) is 158 Å². The van der Waals surface area contributed by atoms with E-state index < -0.39 is 27.3 Å². The summed E-state index contributed by atoms with van der Waals surface area (Å²) in [5.74, 6) is 0.442. The number of aryl methyl sites for hydroxylation is 2. The van der Waals surface area contributed by atoms with Crippen molar-refractivity contribution in [3.05, 3.63) is 89.3 Å². The molecule has 6 rings (SSSR count). The number of ether oxygens (including phenoxy) is 1. The maximum Gasteiger partial charge on any atom is 0.228 e. The molecule has 0 amide bonds. The van der Waals surface area contributed by atoms with Crippen molar-refractivity contribution in [2.45, 2.75) is 37.7 Å². The highest BCUT2D eigenvalue weighted by atomic mass is 32.2. The van der Waals surface area contributed by atoms with Crippen molar-refractivity contribution < 1.29 is 26.5 Å². The van der Waals surface area contributed by atoms with Crippen LogP contribution in [0.15, 0.2) is 65.4 Å². The Morgan fingerprint density at radius 1 is 1.09 bits per heavy atom. The number of hydrogen-bond acceptors (Lipinski definition) is 10. The third kappa shape index (κ3) is 5.96. The van der Waals surface area contributed by atoms with E-state index in [0.29, 0.717) is 59.2 Å². The second-order valence-electron chi connectivity index (χ2n) is 10.7. The van der Waals surface area contributed by atoms with E-state index in [1.54, 1.807) is 49.6 Å². The van der Waals surface area contributed by atoms with Crippen molar-refractivity contribution in [3.63, 3.8) is 0 Å². The number of hydrogen-bond donors (Lipinski definition) is 3. The van der Waals surface area contributed by atoms with Crippen LogP contribution in [0.25, 0.3) is 22.0 Å². The molecule has 1 aliphatic heterocycles. The largest absolute Gasteiger partial charge is 0.437 e. The van der Waals surface area contributed by atoms with Crippen molar-refractivity contribution in [3.8, 4) is 22.9 Å². The summed E-state index contributed by atoms with van der Waals surface area (Å²) in [6.45, 7) is 4.31. The average molecular weight is 622 g/mol. The van der Waals surface area contributed by atoms with Crippen molar-refractivity contribution >= 4 is 26.7 Å². The lowest BCUT2D eigenvalue weighted by Gasteiger charge is -2.26. The molecule has 0 bridgehead atoms. The van der Waals surface area contributed by atoms with Crippen LogP contribution in [0.5, 0.6) is 11.6 Å². The molecule has 3 aromatic heterocycles. The predicted octanol–water partition coefficient (Wildman–Crippen LogP) is 4.72. The van der Waals surface area contributed by atoms with Crippen molar-refractivity contribution in [2.75, 3.05) is 18.4 Å². The molecular weight excluding hydrogens is 592 g/mol. The minimum absolute atomic E-state index is 0.0364. The Labute approximate surface area is 251 Å². The predicted molar refractivity (Wildman–Crippen MR) is 160 cm³/mol. The fourth-order valence-electron chi connectivity index (χ4n) is 5.40. The third-order valence-electron chi connectivity index (χ3n) is 7.37. The number of sulfonamides is 1. The van der Waals surface area contributed by atoms with Gasteiger partial charge in [-0.05, 0) is 55.1 Å². The Kier molecular flexibility index (Phi) is 7.97. The number of fused-ring (bicyclic) bond motifs is 1. The normalized spacial score (nSPS) is 17.8. The zero-order chi connectivity index (χ0) is 31.0. The van der Waals surface area contributed by atoms with Gasteiger partial charge in [-0.25, -0.2) is 37.3 Å². The number of primary sulfonamides is 1. The highest BCUT2D eigenvalue weighted by Crippen LogP contribution is 2.41. The number of alkyl halides is 1. The molecule has 3 atom stereocenters. The summed E-state index contributed by atoms with van der Waals surface area (Å²) < 4.78 is 66.5. The fraction of sp³-hybridized carbons (Fsp3) is 0.267. The highest BCUT2D eigenvalue weighted by Gasteiger charge is 2.34. The van der Waals surface area contributed by atoms with Crippen LogP contribution >= 0.6 is 0 Å². The number of anilines is 1. The third-order valence-corrected chi connectivity index (χ3v) is 8.51. The van der Waals surface area contributed by atoms with E-state index in [9.17, 15) is 12.8 Å². The quantitative estimate of drug-likeness (QED) is 0.221. The Morgan fingerprint density at radius 3 is 2.66 bits per heavy atom. The summed E-state index contributed by atoms with van der Waals surface area (Å²) in [5.41, 5.74) is 1.52. The summed E-state index contributed by atoms with van der Waals surface area (Å²) in [7, 11) is -4.37. The van der Waals surface area contributed by atoms with Gasteiger partial charge >= 0.3 is 0 Å². The van der Waals surface area contributed by atoms with E-state index in [1.165, 1.54) is 18.2 Å². The minimum Gasteiger partial charge on any atom is -0.437 e. The van der Waals surface area contributed by atoms with Crippen molar-refractivity contribution in [2.24, 2.45) is 5.14 Å². The molecule has 1 saturated heterocycles. The fourth-order valence-corrected chi connectivity index (χ4v) is 6.42. The lowest BCUT2D eigenvalue weighted by molar-refractivity contribution is 0.254. The van der Waals surface area contributed by atoms with Gasteiger partial charge in [-0.15, -0.1) is 0 Å². The number of nitrogens with two attached hydrogens (primary N) is 1. The second kappa shape index (κ2) is 11.9. The van der Waals surface area contributed by atoms with Gasteiger partial charge in [-0.1, -0.05) is 17.3 Å². The highest BCUT2D eigenvalue weighted by molar-refractivity contribution is 7.89. The lowest BCUT2D eigenvalue weighted by atomic mass is 9.97. The van der Waals surface area contributed by atoms with Crippen LogP contribution in [0.4, 0.5) is 14.7 Å². The molecule has 2 aromatic carbocycles. The molecule has 4 N–H and O–H groups in total. The molecule has 11 nitrogen and oxygen atoms in total. The number of nitrogens with one attached hydrogen (secondary N) is 2. The van der Waals surface area contributed by atoms with Crippen LogP contribution in [-0.4, -0.2) is 53.8 Å². The Bertz CT molecular complexity index is 1950. The number of piperidine rings is 1. The molecule has 0 spiro atoms. The van der Waals surface area contributed by atoms with Gasteiger partial charge in [0.25, 0.3) is 0 Å². The molecule has 14 heteroatoms. The SMILES string of the molecule is Cc1cc(C(c2c(F)ccc3c(Oc4ncccc4-c4ccnc(N[C@@H]5CNC[C@@H](F)C5)n4)c(C)ccc23)S(N)(=O)=O)no1. The monoisotopic (exact) mass is 621 g/mol. The number of benzene rings is 2. The molecule has 0 saturated carbocycles. The maximum atomic E-state index is 15.5. The average Bonchev–Trinajstić information content (AvgIpc) is 3.41. The second-order valence-corrected chi connectivity index (χ2v) is 12.3. The number of rotatable bonds is 8. The van der Waals surface area contributed by atoms with Gasteiger partial charge in [0.2, 0.25) is 21.9 Å². The molecule has 4 heterocycles. The zero-order valence-corrected chi connectivity index (χ0v) is 24.6. The van der Waals surface area contributed by atoms with Crippen molar-refractivity contribution in [1.82, 2.24) is 25.4 Å². The molecule has 0 radical (unpaired) electrons. The van der Waals surface area contributed by atoms with E-state index in [-0.39, 0.29) is 28.6 Å². The number of nitrogens with zero attached hydrogens (tertiary/aromatic N) is 4. The molecule has 1 fully saturated rings. The first-order valence-corrected chi connectivity index (χ1v) is 15.4. The van der Waals surface area contributed by atoms with Crippen LogP contribution in [0.3, 0.4) is 0 Å². The van der Waals surface area contributed by atoms with Gasteiger partial charge in [0.15, 0.2) is 0 Å². The Balaban J connectivity index is 1.41. The zero-order valence-electron chi connectivity index (χ0n) is 23.8. The van der Waals surface area contributed by atoms with Crippen LogP contribution in [0, 0.1) is 19.7 Å². The molecular formula is C30H29F2N7O4S. The minimum atomic E-state index is -4.37. The smallest absolute Gasteiger partial charge is 0.228 e. The van der Waals surface area contributed by atoms with E-state index >= 15 is 4.39 Å². The molecule has 228 valence electrons. The molecule has 5 aromatic rings. The van der Waals surface area contributed by atoms with Crippen molar-refractivity contribution in [1.29, 1.82) is 0 Å². The molecule has 1 aliphatic rings. The summed E-state index contributed by atoms with van der Waals surface area (Å²) >= 11 is 0.